The maximum absolute atomic E-state index is 13.6. The molecule has 1 N–H and O–H groups in total. The number of pyridine rings is 1. The number of rotatable bonds is 6. The van der Waals surface area contributed by atoms with E-state index in [1.54, 1.807) is 12.3 Å². The van der Waals surface area contributed by atoms with Crippen LogP contribution in [0, 0.1) is 13.8 Å². The van der Waals surface area contributed by atoms with E-state index in [4.69, 9.17) is 4.42 Å². The smallest absolute Gasteiger partial charge is 0.341 e. The fourth-order valence-corrected chi connectivity index (χ4v) is 4.37. The Morgan fingerprint density at radius 1 is 1.00 bits per heavy atom. The lowest BCUT2D eigenvalue weighted by Gasteiger charge is -2.26. The van der Waals surface area contributed by atoms with Crippen LogP contribution in [0.2, 0.25) is 0 Å². The Hall–Kier alpha value is -4.72. The zero-order valence-electron chi connectivity index (χ0n) is 21.0. The maximum Gasteiger partial charge on any atom is 0.341 e. The lowest BCUT2D eigenvalue weighted by atomic mass is 10.0. The van der Waals surface area contributed by atoms with Crippen molar-refractivity contribution in [1.29, 1.82) is 0 Å². The highest BCUT2D eigenvalue weighted by molar-refractivity contribution is 6.09. The number of furan rings is 1. The maximum atomic E-state index is 13.6. The zero-order chi connectivity index (χ0) is 26.3. The highest BCUT2D eigenvalue weighted by Crippen LogP contribution is 2.29. The van der Waals surface area contributed by atoms with Crippen LogP contribution in [0.4, 0.5) is 5.82 Å². The highest BCUT2D eigenvalue weighted by Gasteiger charge is 2.29. The van der Waals surface area contributed by atoms with Crippen LogP contribution in [0.15, 0.2) is 77.5 Å². The van der Waals surface area contributed by atoms with Crippen LogP contribution >= 0.6 is 0 Å². The first-order valence-electron chi connectivity index (χ1n) is 11.9. The monoisotopic (exact) mass is 494 g/mol. The quantitative estimate of drug-likeness (QED) is 0.308. The van der Waals surface area contributed by atoms with Crippen LogP contribution in [0.3, 0.4) is 0 Å². The molecule has 5 rings (SSSR count). The molecule has 186 valence electrons. The van der Waals surface area contributed by atoms with E-state index in [1.807, 2.05) is 82.3 Å². The van der Waals surface area contributed by atoms with Crippen molar-refractivity contribution in [2.45, 2.75) is 33.7 Å². The van der Waals surface area contributed by atoms with Gasteiger partial charge in [0.25, 0.3) is 5.91 Å². The van der Waals surface area contributed by atoms with Gasteiger partial charge in [-0.1, -0.05) is 17.7 Å². The number of anilines is 1. The van der Waals surface area contributed by atoms with Gasteiger partial charge in [0.2, 0.25) is 0 Å². The molecule has 0 aliphatic carbocycles. The molecule has 8 heteroatoms. The molecule has 1 amide bonds. The minimum atomic E-state index is -1.16. The number of aromatic nitrogens is 3. The van der Waals surface area contributed by atoms with Crippen molar-refractivity contribution in [3.63, 3.8) is 0 Å². The molecule has 3 heterocycles. The van der Waals surface area contributed by atoms with Gasteiger partial charge in [0.1, 0.15) is 16.8 Å². The SMILES string of the molecule is Cc1ccc(C(=O)N(c2nn(-c3ccc(-c4cc5ncccc5o4)cc3)cc2C(=O)O)C(C)C)c(C)c1. The van der Waals surface area contributed by atoms with E-state index in [1.165, 1.54) is 15.8 Å². The summed E-state index contributed by atoms with van der Waals surface area (Å²) in [4.78, 5) is 31.5. The van der Waals surface area contributed by atoms with E-state index in [0.717, 1.165) is 22.2 Å². The Labute approximate surface area is 213 Å². The number of benzene rings is 2. The van der Waals surface area contributed by atoms with Gasteiger partial charge in [-0.05, 0) is 75.7 Å². The fourth-order valence-electron chi connectivity index (χ4n) is 4.37. The van der Waals surface area contributed by atoms with Crippen molar-refractivity contribution in [3.05, 3.63) is 95.3 Å². The van der Waals surface area contributed by atoms with Crippen LogP contribution < -0.4 is 4.90 Å². The number of aromatic carboxylic acids is 1. The Bertz CT molecular complexity index is 1600. The number of hydrogen-bond donors (Lipinski definition) is 1. The molecule has 5 aromatic rings. The Morgan fingerprint density at radius 2 is 1.76 bits per heavy atom. The number of carbonyl (C=O) groups is 2. The molecule has 0 aliphatic rings. The number of aryl methyl sites for hydroxylation is 2. The molecule has 0 saturated heterocycles. The normalized spacial score (nSPS) is 11.3. The second-order valence-electron chi connectivity index (χ2n) is 9.25. The van der Waals surface area contributed by atoms with Gasteiger partial charge in [0.15, 0.2) is 11.4 Å². The van der Waals surface area contributed by atoms with Crippen molar-refractivity contribution in [2.24, 2.45) is 0 Å². The summed E-state index contributed by atoms with van der Waals surface area (Å²) >= 11 is 0. The molecule has 0 atom stereocenters. The number of carbonyl (C=O) groups excluding carboxylic acids is 1. The molecule has 0 radical (unpaired) electrons. The molecular formula is C29H26N4O4. The van der Waals surface area contributed by atoms with Crippen LogP contribution in [0.25, 0.3) is 28.1 Å². The Balaban J connectivity index is 1.52. The molecule has 0 saturated carbocycles. The van der Waals surface area contributed by atoms with Crippen LogP contribution in [0.5, 0.6) is 0 Å². The summed E-state index contributed by atoms with van der Waals surface area (Å²) in [5.41, 5.74) is 5.29. The zero-order valence-corrected chi connectivity index (χ0v) is 21.0. The molecule has 37 heavy (non-hydrogen) atoms. The molecule has 0 unspecified atom stereocenters. The van der Waals surface area contributed by atoms with Gasteiger partial charge in [-0.3, -0.25) is 14.7 Å². The largest absolute Gasteiger partial charge is 0.477 e. The minimum Gasteiger partial charge on any atom is -0.477 e. The average Bonchev–Trinajstić information content (AvgIpc) is 3.49. The first-order chi connectivity index (χ1) is 17.7. The second-order valence-corrected chi connectivity index (χ2v) is 9.25. The Kier molecular flexibility index (Phi) is 6.09. The van der Waals surface area contributed by atoms with Crippen molar-refractivity contribution < 1.29 is 19.1 Å². The molecule has 2 aromatic carbocycles. The van der Waals surface area contributed by atoms with Gasteiger partial charge in [-0.2, -0.15) is 0 Å². The third-order valence-corrected chi connectivity index (χ3v) is 6.20. The highest BCUT2D eigenvalue weighted by atomic mass is 16.4. The number of carboxylic acids is 1. The number of nitrogens with zero attached hydrogens (tertiary/aromatic N) is 4. The molecule has 8 nitrogen and oxygen atoms in total. The Morgan fingerprint density at radius 3 is 2.41 bits per heavy atom. The van der Waals surface area contributed by atoms with Crippen LogP contribution in [-0.2, 0) is 0 Å². The molecule has 0 spiro atoms. The van der Waals surface area contributed by atoms with Gasteiger partial charge >= 0.3 is 5.97 Å². The van der Waals surface area contributed by atoms with Gasteiger partial charge in [-0.15, -0.1) is 5.10 Å². The number of fused-ring (bicyclic) bond motifs is 1. The van der Waals surface area contributed by atoms with Crippen LogP contribution in [-0.4, -0.2) is 37.8 Å². The fraction of sp³-hybridized carbons (Fsp3) is 0.172. The summed E-state index contributed by atoms with van der Waals surface area (Å²) in [6, 6.07) is 18.2. The van der Waals surface area contributed by atoms with E-state index < -0.39 is 5.97 Å². The summed E-state index contributed by atoms with van der Waals surface area (Å²) in [5, 5.41) is 14.5. The molecule has 0 aliphatic heterocycles. The molecular weight excluding hydrogens is 468 g/mol. The summed E-state index contributed by atoms with van der Waals surface area (Å²) in [6.07, 6.45) is 3.15. The summed E-state index contributed by atoms with van der Waals surface area (Å²) in [7, 11) is 0. The van der Waals surface area contributed by atoms with E-state index in [9.17, 15) is 14.7 Å². The van der Waals surface area contributed by atoms with E-state index >= 15 is 0 Å². The minimum absolute atomic E-state index is 0.0563. The van der Waals surface area contributed by atoms with Gasteiger partial charge in [0, 0.05) is 35.6 Å². The molecule has 3 aromatic heterocycles. The van der Waals surface area contributed by atoms with Gasteiger partial charge in [0.05, 0.1) is 5.69 Å². The first kappa shape index (κ1) is 24.0. The lowest BCUT2D eigenvalue weighted by Crippen LogP contribution is -2.38. The number of amides is 1. The molecule has 0 fully saturated rings. The standard InChI is InChI=1S/C29H26N4O4/c1-17(2)33(28(34)22-12-7-18(3)14-19(22)4)27-23(29(35)36)16-32(31-27)21-10-8-20(9-11-21)26-15-24-25(37-26)6-5-13-30-24/h5-17H,1-4H3,(H,35,36). The van der Waals surface area contributed by atoms with E-state index in [2.05, 4.69) is 10.1 Å². The topological polar surface area (TPSA) is 101 Å². The average molecular weight is 495 g/mol. The van der Waals surface area contributed by atoms with E-state index in [0.29, 0.717) is 22.6 Å². The van der Waals surface area contributed by atoms with Crippen LogP contribution in [0.1, 0.15) is 45.7 Å². The number of hydrogen-bond acceptors (Lipinski definition) is 5. The molecule has 0 bridgehead atoms. The predicted molar refractivity (Wildman–Crippen MR) is 141 cm³/mol. The first-order valence-corrected chi connectivity index (χ1v) is 11.9. The lowest BCUT2D eigenvalue weighted by molar-refractivity contribution is 0.0697. The summed E-state index contributed by atoms with van der Waals surface area (Å²) < 4.78 is 7.37. The summed E-state index contributed by atoms with van der Waals surface area (Å²) in [6.45, 7) is 7.50. The summed E-state index contributed by atoms with van der Waals surface area (Å²) in [5.74, 6) is -0.682. The van der Waals surface area contributed by atoms with Crippen molar-refractivity contribution in [2.75, 3.05) is 4.90 Å². The predicted octanol–water partition coefficient (Wildman–Crippen LogP) is 6.05. The van der Waals surface area contributed by atoms with Gasteiger partial charge in [-0.25, -0.2) is 9.48 Å². The van der Waals surface area contributed by atoms with Crippen molar-refractivity contribution >= 4 is 28.8 Å². The second kappa shape index (κ2) is 9.39. The number of carboxylic acid groups (broad SMARTS) is 1. The van der Waals surface area contributed by atoms with Crippen molar-refractivity contribution in [1.82, 2.24) is 14.8 Å². The van der Waals surface area contributed by atoms with Gasteiger partial charge < -0.3 is 9.52 Å². The third-order valence-electron chi connectivity index (χ3n) is 6.20. The third kappa shape index (κ3) is 4.49. The van der Waals surface area contributed by atoms with E-state index in [-0.39, 0.29) is 23.3 Å². The van der Waals surface area contributed by atoms with Crippen molar-refractivity contribution in [3.8, 4) is 17.0 Å².